The lowest BCUT2D eigenvalue weighted by molar-refractivity contribution is -0.123. The zero-order valence-electron chi connectivity index (χ0n) is 13.8. The number of piperidine rings is 1. The van der Waals surface area contributed by atoms with E-state index in [0.29, 0.717) is 25.2 Å². The van der Waals surface area contributed by atoms with Gasteiger partial charge in [-0.1, -0.05) is 6.07 Å². The van der Waals surface area contributed by atoms with Gasteiger partial charge in [0.15, 0.2) is 11.5 Å². The van der Waals surface area contributed by atoms with Gasteiger partial charge in [0.1, 0.15) is 13.2 Å². The predicted octanol–water partition coefficient (Wildman–Crippen LogP) is 1.93. The number of carbonyl (C=O) groups is 1. The highest BCUT2D eigenvalue weighted by Gasteiger charge is 2.57. The summed E-state index contributed by atoms with van der Waals surface area (Å²) in [7, 11) is 0. The number of hydrogen-bond acceptors (Lipinski definition) is 4. The number of halogens is 1. The molecule has 1 saturated carbocycles. The van der Waals surface area contributed by atoms with Gasteiger partial charge in [-0.15, -0.1) is 12.4 Å². The Morgan fingerprint density at radius 1 is 1.21 bits per heavy atom. The summed E-state index contributed by atoms with van der Waals surface area (Å²) in [4.78, 5) is 12.3. The number of amides is 1. The van der Waals surface area contributed by atoms with E-state index in [2.05, 4.69) is 10.6 Å². The van der Waals surface area contributed by atoms with Crippen molar-refractivity contribution in [3.63, 3.8) is 0 Å². The van der Waals surface area contributed by atoms with Crippen LogP contribution in [0.15, 0.2) is 18.2 Å². The first-order valence-corrected chi connectivity index (χ1v) is 8.64. The number of nitrogens with one attached hydrogen (secondary N) is 2. The molecule has 1 amide bonds. The minimum absolute atomic E-state index is 0. The molecule has 0 bridgehead atoms. The lowest BCUT2D eigenvalue weighted by Gasteiger charge is -2.23. The van der Waals surface area contributed by atoms with E-state index in [1.165, 1.54) is 5.56 Å². The zero-order chi connectivity index (χ0) is 15.7. The number of hydrogen-bond donors (Lipinski definition) is 2. The predicted molar refractivity (Wildman–Crippen MR) is 94.0 cm³/mol. The largest absolute Gasteiger partial charge is 0.486 e. The molecule has 2 heterocycles. The van der Waals surface area contributed by atoms with Gasteiger partial charge in [-0.05, 0) is 61.9 Å². The van der Waals surface area contributed by atoms with Crippen molar-refractivity contribution in [2.75, 3.05) is 32.8 Å². The summed E-state index contributed by atoms with van der Waals surface area (Å²) >= 11 is 0. The van der Waals surface area contributed by atoms with E-state index in [4.69, 9.17) is 9.47 Å². The van der Waals surface area contributed by atoms with Crippen LogP contribution < -0.4 is 20.1 Å². The highest BCUT2D eigenvalue weighted by molar-refractivity contribution is 5.85. The molecule has 2 fully saturated rings. The molecule has 3 aliphatic rings. The van der Waals surface area contributed by atoms with Crippen LogP contribution in [-0.2, 0) is 11.2 Å². The molecular formula is C18H25ClN2O3. The van der Waals surface area contributed by atoms with Crippen molar-refractivity contribution in [2.45, 2.75) is 25.7 Å². The van der Waals surface area contributed by atoms with Crippen LogP contribution in [0.1, 0.15) is 24.8 Å². The first-order chi connectivity index (χ1) is 11.3. The third-order valence-electron chi connectivity index (χ3n) is 5.43. The first kappa shape index (κ1) is 17.4. The fraction of sp³-hybridized carbons (Fsp3) is 0.611. The maximum Gasteiger partial charge on any atom is 0.223 e. The Labute approximate surface area is 148 Å². The Morgan fingerprint density at radius 3 is 2.75 bits per heavy atom. The lowest BCUT2D eigenvalue weighted by atomic mass is 9.92. The molecular weight excluding hydrogens is 328 g/mol. The summed E-state index contributed by atoms with van der Waals surface area (Å²) in [5, 5.41) is 6.49. The van der Waals surface area contributed by atoms with Crippen molar-refractivity contribution in [1.29, 1.82) is 0 Å². The van der Waals surface area contributed by atoms with Crippen molar-refractivity contribution >= 4 is 18.3 Å². The number of fused-ring (bicyclic) bond motifs is 1. The second-order valence-electron chi connectivity index (χ2n) is 6.89. The van der Waals surface area contributed by atoms with Crippen LogP contribution >= 0.6 is 12.4 Å². The van der Waals surface area contributed by atoms with Gasteiger partial charge in [0, 0.05) is 12.5 Å². The quantitative estimate of drug-likeness (QED) is 0.869. The summed E-state index contributed by atoms with van der Waals surface area (Å²) in [5.41, 5.74) is 1.48. The number of ether oxygens (including phenoxy) is 2. The fourth-order valence-electron chi connectivity index (χ4n) is 3.89. The molecule has 0 radical (unpaired) electrons. The van der Waals surface area contributed by atoms with Crippen LogP contribution in [0.3, 0.4) is 0 Å². The molecule has 4 rings (SSSR count). The molecule has 1 saturated heterocycles. The summed E-state index contributed by atoms with van der Waals surface area (Å²) < 4.78 is 11.1. The van der Waals surface area contributed by atoms with Gasteiger partial charge in [0.2, 0.25) is 5.91 Å². The van der Waals surface area contributed by atoms with Gasteiger partial charge >= 0.3 is 0 Å². The topological polar surface area (TPSA) is 59.6 Å². The second-order valence-corrected chi connectivity index (χ2v) is 6.89. The normalized spacial score (nSPS) is 23.2. The highest BCUT2D eigenvalue weighted by atomic mass is 35.5. The molecule has 1 aromatic carbocycles. The van der Waals surface area contributed by atoms with Crippen LogP contribution in [0.25, 0.3) is 0 Å². The van der Waals surface area contributed by atoms with Crippen molar-refractivity contribution in [3.8, 4) is 11.5 Å². The minimum Gasteiger partial charge on any atom is -0.486 e. The molecule has 2 N–H and O–H groups in total. The Kier molecular flexibility index (Phi) is 5.21. The molecule has 132 valence electrons. The van der Waals surface area contributed by atoms with Crippen LogP contribution in [0.5, 0.6) is 11.5 Å². The minimum atomic E-state index is 0. The Bertz CT molecular complexity index is 602. The molecule has 1 atom stereocenters. The van der Waals surface area contributed by atoms with Gasteiger partial charge in [0.25, 0.3) is 0 Å². The zero-order valence-corrected chi connectivity index (χ0v) is 14.6. The van der Waals surface area contributed by atoms with E-state index in [0.717, 1.165) is 50.3 Å². The Hall–Kier alpha value is -1.46. The third kappa shape index (κ3) is 3.47. The molecule has 1 spiro atoms. The second kappa shape index (κ2) is 7.19. The van der Waals surface area contributed by atoms with Crippen molar-refractivity contribution < 1.29 is 14.3 Å². The summed E-state index contributed by atoms with van der Waals surface area (Å²) in [5.74, 6) is 2.11. The van der Waals surface area contributed by atoms with E-state index in [9.17, 15) is 4.79 Å². The molecule has 6 heteroatoms. The van der Waals surface area contributed by atoms with E-state index >= 15 is 0 Å². The van der Waals surface area contributed by atoms with E-state index in [-0.39, 0.29) is 24.2 Å². The fourth-order valence-corrected chi connectivity index (χ4v) is 3.89. The molecule has 1 aliphatic carbocycles. The first-order valence-electron chi connectivity index (χ1n) is 8.64. The summed E-state index contributed by atoms with van der Waals surface area (Å²) in [6, 6.07) is 6.02. The SMILES string of the molecule is Cl.O=C(NCCc1ccc2c(c1)OCCO2)C1CC12CCNCC2. The van der Waals surface area contributed by atoms with E-state index in [1.807, 2.05) is 18.2 Å². The van der Waals surface area contributed by atoms with Crippen LogP contribution in [0.4, 0.5) is 0 Å². The number of carbonyl (C=O) groups excluding carboxylic acids is 1. The monoisotopic (exact) mass is 352 g/mol. The van der Waals surface area contributed by atoms with Crippen LogP contribution in [0, 0.1) is 11.3 Å². The van der Waals surface area contributed by atoms with Crippen molar-refractivity contribution in [3.05, 3.63) is 23.8 Å². The summed E-state index contributed by atoms with van der Waals surface area (Å²) in [6.45, 7) is 4.01. The van der Waals surface area contributed by atoms with Gasteiger partial charge in [-0.25, -0.2) is 0 Å². The lowest BCUT2D eigenvalue weighted by Crippen LogP contribution is -2.34. The molecule has 2 aliphatic heterocycles. The Morgan fingerprint density at radius 2 is 1.96 bits per heavy atom. The van der Waals surface area contributed by atoms with Gasteiger partial charge < -0.3 is 20.1 Å². The maximum atomic E-state index is 12.3. The summed E-state index contributed by atoms with van der Waals surface area (Å²) in [6.07, 6.45) is 4.19. The number of benzene rings is 1. The van der Waals surface area contributed by atoms with Gasteiger partial charge in [0.05, 0.1) is 0 Å². The standard InChI is InChI=1S/C18H24N2O3.ClH/c21-17(14-12-18(14)4-7-19-8-5-18)20-6-3-13-1-2-15-16(11-13)23-10-9-22-15;/h1-2,11,14,19H,3-10,12H2,(H,20,21);1H. The molecule has 0 aromatic heterocycles. The number of rotatable bonds is 4. The molecule has 1 aromatic rings. The van der Waals surface area contributed by atoms with E-state index in [1.54, 1.807) is 0 Å². The van der Waals surface area contributed by atoms with Crippen molar-refractivity contribution in [2.24, 2.45) is 11.3 Å². The third-order valence-corrected chi connectivity index (χ3v) is 5.43. The average molecular weight is 353 g/mol. The Balaban J connectivity index is 0.00000169. The van der Waals surface area contributed by atoms with Crippen LogP contribution in [0.2, 0.25) is 0 Å². The van der Waals surface area contributed by atoms with Crippen LogP contribution in [-0.4, -0.2) is 38.8 Å². The van der Waals surface area contributed by atoms with Gasteiger partial charge in [-0.3, -0.25) is 4.79 Å². The van der Waals surface area contributed by atoms with Crippen molar-refractivity contribution in [1.82, 2.24) is 10.6 Å². The maximum absolute atomic E-state index is 12.3. The van der Waals surface area contributed by atoms with E-state index < -0.39 is 0 Å². The smallest absolute Gasteiger partial charge is 0.223 e. The molecule has 24 heavy (non-hydrogen) atoms. The molecule has 5 nitrogen and oxygen atoms in total. The average Bonchev–Trinajstić information content (AvgIpc) is 3.28. The molecule has 1 unspecified atom stereocenters. The highest BCUT2D eigenvalue weighted by Crippen LogP contribution is 2.58. The van der Waals surface area contributed by atoms with Gasteiger partial charge in [-0.2, -0.15) is 0 Å².